The van der Waals surface area contributed by atoms with Gasteiger partial charge in [-0.15, -0.1) is 0 Å². The van der Waals surface area contributed by atoms with Crippen LogP contribution in [0.25, 0.3) is 89.0 Å². The Kier molecular flexibility index (Phi) is 12.5. The van der Waals surface area contributed by atoms with Crippen molar-refractivity contribution in [3.8, 4) is 89.0 Å². The molecule has 2 heteroatoms. The summed E-state index contributed by atoms with van der Waals surface area (Å²) >= 11 is 0. The van der Waals surface area contributed by atoms with Crippen molar-refractivity contribution in [2.24, 2.45) is 0 Å². The van der Waals surface area contributed by atoms with Gasteiger partial charge in [-0.05, 0) is 161 Å². The number of fused-ring (bicyclic) bond motifs is 14. The molecule has 0 saturated carbocycles. The SMILES string of the molecule is CC1(C)c2cc(-c3ccccc3)ccc2N2c3ccccc3-c3ccccc3-c3cc(-c4ccccc4)cc1c32.c1ccc(-c2ccc3c(c2)C(c2ccccc2)(c2ccccc2)c2cc(-c4ccccc4)cc4c2N3c2ccccc2-c2ccccc2-4)cc1. The van der Waals surface area contributed by atoms with Crippen molar-refractivity contribution < 1.29 is 0 Å². The zero-order chi connectivity index (χ0) is 59.9. The highest BCUT2D eigenvalue weighted by atomic mass is 15.2. The van der Waals surface area contributed by atoms with E-state index in [-0.39, 0.29) is 5.41 Å². The van der Waals surface area contributed by atoms with E-state index in [1.54, 1.807) is 0 Å². The summed E-state index contributed by atoms with van der Waals surface area (Å²) in [7, 11) is 0. The van der Waals surface area contributed by atoms with Crippen molar-refractivity contribution in [2.45, 2.75) is 24.7 Å². The van der Waals surface area contributed by atoms with E-state index >= 15 is 0 Å². The first kappa shape index (κ1) is 53.0. The van der Waals surface area contributed by atoms with E-state index in [4.69, 9.17) is 0 Å². The number of nitrogens with zero attached hydrogens (tertiary/aromatic N) is 2. The standard InChI is InChI=1S/C49H33N.C39H29N/c1-5-17-34(18-6-1)36-29-30-47-44(32-36)49(38-21-9-3-10-22-38,39-23-11-4-12-24-39)45-33-37(35-19-7-2-8-20-35)31-43-41-26-14-13-25-40(41)42-27-15-16-28-46(42)50(47)48(43)45;1-39(2)34-24-28(26-13-5-3-6-14-26)21-22-37(34)40-36-20-12-11-19-32(36)30-17-9-10-18-31(30)33-23-29(25-35(39)38(33)40)27-15-7-4-8-16-27/h1-33H;3-25H,1-2H3. The van der Waals surface area contributed by atoms with Gasteiger partial charge >= 0.3 is 0 Å². The number of benzene rings is 14. The van der Waals surface area contributed by atoms with Gasteiger partial charge in [0.05, 0.1) is 39.5 Å². The van der Waals surface area contributed by atoms with Crippen LogP contribution < -0.4 is 9.80 Å². The number of hydrogen-bond acceptors (Lipinski definition) is 2. The molecule has 0 fully saturated rings. The van der Waals surface area contributed by atoms with E-state index in [9.17, 15) is 0 Å². The Bertz CT molecular complexity index is 5030. The highest BCUT2D eigenvalue weighted by Gasteiger charge is 2.49. The van der Waals surface area contributed by atoms with Gasteiger partial charge in [-0.1, -0.05) is 293 Å². The number of rotatable bonds is 6. The van der Waals surface area contributed by atoms with Crippen molar-refractivity contribution in [1.82, 2.24) is 0 Å². The quantitative estimate of drug-likeness (QED) is 0.164. The topological polar surface area (TPSA) is 6.48 Å². The molecule has 4 aliphatic rings. The predicted molar refractivity (Wildman–Crippen MR) is 377 cm³/mol. The van der Waals surface area contributed by atoms with Gasteiger partial charge in [0.2, 0.25) is 0 Å². The Balaban J connectivity index is 0.000000142. The van der Waals surface area contributed by atoms with Crippen LogP contribution >= 0.6 is 0 Å². The summed E-state index contributed by atoms with van der Waals surface area (Å²) in [4.78, 5) is 5.09. The Labute approximate surface area is 527 Å². The lowest BCUT2D eigenvalue weighted by molar-refractivity contribution is 0.633. The molecule has 0 atom stereocenters. The molecule has 2 nitrogen and oxygen atoms in total. The largest absolute Gasteiger partial charge is 0.309 e. The van der Waals surface area contributed by atoms with E-state index in [1.165, 1.54) is 157 Å². The van der Waals surface area contributed by atoms with Gasteiger partial charge in [0, 0.05) is 27.7 Å². The Hall–Kier alpha value is -11.3. The van der Waals surface area contributed by atoms with Crippen LogP contribution in [-0.2, 0) is 10.8 Å². The lowest BCUT2D eigenvalue weighted by Gasteiger charge is -2.47. The third-order valence-corrected chi connectivity index (χ3v) is 19.4. The van der Waals surface area contributed by atoms with E-state index in [0.717, 1.165) is 0 Å². The molecule has 424 valence electrons. The summed E-state index contributed by atoms with van der Waals surface area (Å²) in [6.07, 6.45) is 0. The van der Waals surface area contributed by atoms with Crippen LogP contribution in [0.4, 0.5) is 34.1 Å². The van der Waals surface area contributed by atoms with E-state index in [0.29, 0.717) is 0 Å². The number of anilines is 6. The molecule has 0 radical (unpaired) electrons. The molecule has 14 aromatic carbocycles. The minimum absolute atomic E-state index is 0.209. The van der Waals surface area contributed by atoms with Crippen molar-refractivity contribution >= 4 is 34.1 Å². The normalized spacial score (nSPS) is 13.6. The van der Waals surface area contributed by atoms with Crippen LogP contribution in [0.5, 0.6) is 0 Å². The van der Waals surface area contributed by atoms with Crippen LogP contribution in [0, 0.1) is 0 Å². The first-order valence-corrected chi connectivity index (χ1v) is 31.4. The summed E-state index contributed by atoms with van der Waals surface area (Å²) in [6, 6.07) is 125. The fourth-order valence-electron chi connectivity index (χ4n) is 15.3. The van der Waals surface area contributed by atoms with Crippen LogP contribution in [0.15, 0.2) is 340 Å². The fraction of sp³-hybridized carbons (Fsp3) is 0.0455. The molecule has 14 aromatic rings. The number of hydrogen-bond donors (Lipinski definition) is 0. The van der Waals surface area contributed by atoms with Gasteiger partial charge < -0.3 is 9.80 Å². The zero-order valence-electron chi connectivity index (χ0n) is 50.2. The second kappa shape index (κ2) is 21.2. The van der Waals surface area contributed by atoms with Crippen LogP contribution in [0.2, 0.25) is 0 Å². The molecule has 0 N–H and O–H groups in total. The zero-order valence-corrected chi connectivity index (χ0v) is 50.2. The Morgan fingerprint density at radius 3 is 0.922 bits per heavy atom. The lowest BCUT2D eigenvalue weighted by atomic mass is 9.61. The molecule has 0 saturated heterocycles. The van der Waals surface area contributed by atoms with Gasteiger partial charge in [-0.25, -0.2) is 0 Å². The molecule has 18 rings (SSSR count). The van der Waals surface area contributed by atoms with Crippen LogP contribution in [0.1, 0.15) is 47.2 Å². The first-order chi connectivity index (χ1) is 44.4. The van der Waals surface area contributed by atoms with Crippen molar-refractivity contribution in [2.75, 3.05) is 9.80 Å². The van der Waals surface area contributed by atoms with Gasteiger partial charge in [0.1, 0.15) is 0 Å². The second-order valence-electron chi connectivity index (χ2n) is 24.7. The highest BCUT2D eigenvalue weighted by Crippen LogP contribution is 2.65. The smallest absolute Gasteiger partial charge is 0.0743 e. The predicted octanol–water partition coefficient (Wildman–Crippen LogP) is 23.6. The molecule has 0 unspecified atom stereocenters. The van der Waals surface area contributed by atoms with Gasteiger partial charge in [0.25, 0.3) is 0 Å². The summed E-state index contributed by atoms with van der Waals surface area (Å²) in [6.45, 7) is 4.79. The molecule has 0 spiro atoms. The summed E-state index contributed by atoms with van der Waals surface area (Å²) in [5.74, 6) is 0. The monoisotopic (exact) mass is 1150 g/mol. The minimum atomic E-state index is -0.623. The second-order valence-corrected chi connectivity index (χ2v) is 24.7. The maximum absolute atomic E-state index is 2.56. The average Bonchev–Trinajstić information content (AvgIpc) is 0.880. The molecular weight excluding hydrogens is 1080 g/mol. The molecule has 0 aliphatic carbocycles. The van der Waals surface area contributed by atoms with Crippen LogP contribution in [-0.4, -0.2) is 0 Å². The molecule has 4 heterocycles. The number of para-hydroxylation sites is 2. The summed E-state index contributed by atoms with van der Waals surface area (Å²) in [5, 5.41) is 0. The molecule has 0 bridgehead atoms. The van der Waals surface area contributed by atoms with E-state index in [2.05, 4.69) is 363 Å². The lowest BCUT2D eigenvalue weighted by Crippen LogP contribution is -2.38. The van der Waals surface area contributed by atoms with E-state index in [1.807, 2.05) is 0 Å². The highest BCUT2D eigenvalue weighted by molar-refractivity contribution is 6.09. The molecule has 0 aromatic heterocycles. The summed E-state index contributed by atoms with van der Waals surface area (Å²) < 4.78 is 0. The van der Waals surface area contributed by atoms with Gasteiger partial charge in [-0.2, -0.15) is 0 Å². The summed E-state index contributed by atoms with van der Waals surface area (Å²) in [5.41, 5.74) is 34.2. The Morgan fingerprint density at radius 2 is 0.500 bits per heavy atom. The molecular formula is C88H62N2. The maximum atomic E-state index is 2.56. The molecule has 90 heavy (non-hydrogen) atoms. The fourth-order valence-corrected chi connectivity index (χ4v) is 15.3. The van der Waals surface area contributed by atoms with Crippen molar-refractivity contribution in [3.63, 3.8) is 0 Å². The molecule has 0 amide bonds. The third-order valence-electron chi connectivity index (χ3n) is 19.4. The van der Waals surface area contributed by atoms with Gasteiger partial charge in [0.15, 0.2) is 0 Å². The average molecular weight is 1150 g/mol. The third kappa shape index (κ3) is 8.25. The van der Waals surface area contributed by atoms with Crippen molar-refractivity contribution in [1.29, 1.82) is 0 Å². The first-order valence-electron chi connectivity index (χ1n) is 31.4. The molecule has 4 aliphatic heterocycles. The van der Waals surface area contributed by atoms with Crippen LogP contribution in [0.3, 0.4) is 0 Å². The van der Waals surface area contributed by atoms with Gasteiger partial charge in [-0.3, -0.25) is 0 Å². The van der Waals surface area contributed by atoms with E-state index < -0.39 is 5.41 Å². The van der Waals surface area contributed by atoms with Crippen molar-refractivity contribution in [3.05, 3.63) is 373 Å². The Morgan fingerprint density at radius 1 is 0.200 bits per heavy atom. The minimum Gasteiger partial charge on any atom is -0.309 e. The maximum Gasteiger partial charge on any atom is 0.0743 e.